The molecule has 0 spiro atoms. The summed E-state index contributed by atoms with van der Waals surface area (Å²) in [6, 6.07) is -0.483. The topological polar surface area (TPSA) is 53.1 Å². The van der Waals surface area contributed by atoms with Crippen molar-refractivity contribution in [2.24, 2.45) is 0 Å². The normalized spacial score (nSPS) is 28.0. The van der Waals surface area contributed by atoms with Gasteiger partial charge >= 0.3 is 6.03 Å². The molecule has 3 saturated heterocycles. The van der Waals surface area contributed by atoms with Gasteiger partial charge in [-0.25, -0.2) is 4.79 Å². The quantitative estimate of drug-likeness (QED) is 0.563. The van der Waals surface area contributed by atoms with E-state index in [9.17, 15) is 9.59 Å². The van der Waals surface area contributed by atoms with Crippen LogP contribution in [0.3, 0.4) is 0 Å². The minimum atomic E-state index is -0.389. The van der Waals surface area contributed by atoms with Crippen molar-refractivity contribution >= 4 is 40.2 Å². The molecular formula is C14H21N3O3S2. The predicted molar refractivity (Wildman–Crippen MR) is 88.4 cm³/mol. The fourth-order valence-electron chi connectivity index (χ4n) is 3.14. The molecule has 8 heteroatoms. The van der Waals surface area contributed by atoms with Crippen molar-refractivity contribution in [3.05, 3.63) is 0 Å². The first-order chi connectivity index (χ1) is 10.6. The number of thiocarbonyl (C=S) groups is 1. The molecule has 2 bridgehead atoms. The summed E-state index contributed by atoms with van der Waals surface area (Å²) in [6.07, 6.45) is 3.45. The van der Waals surface area contributed by atoms with Crippen LogP contribution in [0.4, 0.5) is 4.79 Å². The van der Waals surface area contributed by atoms with Gasteiger partial charge in [0.05, 0.1) is 12.6 Å². The summed E-state index contributed by atoms with van der Waals surface area (Å²) in [7, 11) is 0. The molecule has 0 unspecified atom stereocenters. The van der Waals surface area contributed by atoms with E-state index < -0.39 is 0 Å². The lowest BCUT2D eigenvalue weighted by Crippen LogP contribution is -2.51. The minimum Gasteiger partial charge on any atom is -0.309 e. The number of piperidine rings is 1. The molecular weight excluding hydrogens is 322 g/mol. The second-order valence-corrected chi connectivity index (χ2v) is 7.53. The molecule has 0 aromatic carbocycles. The highest BCUT2D eigenvalue weighted by molar-refractivity contribution is 8.23. The van der Waals surface area contributed by atoms with Crippen molar-refractivity contribution < 1.29 is 14.4 Å². The van der Waals surface area contributed by atoms with E-state index in [0.717, 1.165) is 25.0 Å². The third-order valence-corrected chi connectivity index (χ3v) is 5.79. The van der Waals surface area contributed by atoms with E-state index in [1.54, 1.807) is 9.80 Å². The van der Waals surface area contributed by atoms with Gasteiger partial charge in [0.2, 0.25) is 0 Å². The van der Waals surface area contributed by atoms with Gasteiger partial charge in [-0.2, -0.15) is 5.06 Å². The van der Waals surface area contributed by atoms with E-state index in [0.29, 0.717) is 30.4 Å². The van der Waals surface area contributed by atoms with Crippen LogP contribution in [0.25, 0.3) is 0 Å². The highest BCUT2D eigenvalue weighted by atomic mass is 32.2. The summed E-state index contributed by atoms with van der Waals surface area (Å²) in [4.78, 5) is 34.1. The zero-order valence-electron chi connectivity index (χ0n) is 12.7. The van der Waals surface area contributed by atoms with Gasteiger partial charge in [0, 0.05) is 18.8 Å². The summed E-state index contributed by atoms with van der Waals surface area (Å²) in [5.74, 6) is 0.817. The van der Waals surface area contributed by atoms with E-state index in [2.05, 4.69) is 6.92 Å². The smallest absolute Gasteiger partial charge is 0.309 e. The number of hydrogen-bond donors (Lipinski definition) is 0. The van der Waals surface area contributed by atoms with Crippen LogP contribution in [0.15, 0.2) is 0 Å². The van der Waals surface area contributed by atoms with Crippen molar-refractivity contribution in [1.82, 2.24) is 14.9 Å². The number of nitrogens with zero attached hydrogens (tertiary/aromatic N) is 3. The third kappa shape index (κ3) is 2.83. The van der Waals surface area contributed by atoms with Gasteiger partial charge in [0.25, 0.3) is 5.91 Å². The SMILES string of the molecule is CCCCON1C(=O)N2C[C@@H]1CC[C@H]2C(=O)N1CCSC1=S. The first-order valence-electron chi connectivity index (χ1n) is 7.84. The van der Waals surface area contributed by atoms with Crippen LogP contribution in [-0.4, -0.2) is 68.7 Å². The Balaban J connectivity index is 1.66. The molecule has 22 heavy (non-hydrogen) atoms. The molecule has 2 atom stereocenters. The molecule has 0 aromatic heterocycles. The Kier molecular flexibility index (Phi) is 4.89. The molecule has 3 heterocycles. The van der Waals surface area contributed by atoms with Gasteiger partial charge in [0.1, 0.15) is 10.4 Å². The van der Waals surface area contributed by atoms with E-state index >= 15 is 0 Å². The Hall–Kier alpha value is -0.860. The zero-order chi connectivity index (χ0) is 15.7. The molecule has 122 valence electrons. The lowest BCUT2D eigenvalue weighted by molar-refractivity contribution is -0.133. The average molecular weight is 343 g/mol. The van der Waals surface area contributed by atoms with Crippen LogP contribution in [-0.2, 0) is 9.63 Å². The first kappa shape index (κ1) is 16.0. The number of hydrogen-bond acceptors (Lipinski definition) is 5. The minimum absolute atomic E-state index is 0.0304. The van der Waals surface area contributed by atoms with E-state index in [1.165, 1.54) is 16.8 Å². The van der Waals surface area contributed by atoms with Crippen molar-refractivity contribution in [3.8, 4) is 0 Å². The molecule has 0 N–H and O–H groups in total. The van der Waals surface area contributed by atoms with Gasteiger partial charge in [0.15, 0.2) is 0 Å². The largest absolute Gasteiger partial charge is 0.345 e. The fourth-order valence-corrected chi connectivity index (χ4v) is 4.35. The van der Waals surface area contributed by atoms with Gasteiger partial charge in [-0.3, -0.25) is 14.5 Å². The van der Waals surface area contributed by atoms with Crippen molar-refractivity contribution in [3.63, 3.8) is 0 Å². The maximum Gasteiger partial charge on any atom is 0.345 e. The molecule has 3 rings (SSSR count). The Bertz CT molecular complexity index is 488. The first-order valence-corrected chi connectivity index (χ1v) is 9.23. The summed E-state index contributed by atoms with van der Waals surface area (Å²) in [6.45, 7) is 3.87. The van der Waals surface area contributed by atoms with Gasteiger partial charge in [-0.15, -0.1) is 0 Å². The summed E-state index contributed by atoms with van der Waals surface area (Å²) in [5, 5.41) is 1.49. The molecule has 3 aliphatic heterocycles. The van der Waals surface area contributed by atoms with Gasteiger partial charge in [-0.05, 0) is 19.3 Å². The number of amides is 3. The van der Waals surface area contributed by atoms with E-state index in [4.69, 9.17) is 17.1 Å². The number of thioether (sulfide) groups is 1. The zero-order valence-corrected chi connectivity index (χ0v) is 14.3. The maximum absolute atomic E-state index is 12.7. The molecule has 0 saturated carbocycles. The Morgan fingerprint density at radius 2 is 2.27 bits per heavy atom. The van der Waals surface area contributed by atoms with Gasteiger partial charge < -0.3 is 4.90 Å². The third-order valence-electron chi connectivity index (χ3n) is 4.36. The Morgan fingerprint density at radius 3 is 2.95 bits per heavy atom. The lowest BCUT2D eigenvalue weighted by Gasteiger charge is -2.31. The molecule has 3 amide bonds. The van der Waals surface area contributed by atoms with Gasteiger partial charge in [-0.1, -0.05) is 37.3 Å². The van der Waals surface area contributed by atoms with Crippen LogP contribution < -0.4 is 0 Å². The monoisotopic (exact) mass is 343 g/mol. The second kappa shape index (κ2) is 6.72. The summed E-state index contributed by atoms with van der Waals surface area (Å²) >= 11 is 6.75. The molecule has 0 radical (unpaired) electrons. The van der Waals surface area contributed by atoms with E-state index in [-0.39, 0.29) is 24.0 Å². The molecule has 6 nitrogen and oxygen atoms in total. The number of hydroxylamine groups is 2. The van der Waals surface area contributed by atoms with Crippen molar-refractivity contribution in [1.29, 1.82) is 0 Å². The number of rotatable bonds is 5. The Morgan fingerprint density at radius 1 is 1.45 bits per heavy atom. The molecule has 0 aromatic rings. The highest BCUT2D eigenvalue weighted by Gasteiger charge is 2.49. The summed E-state index contributed by atoms with van der Waals surface area (Å²) < 4.78 is 0.634. The van der Waals surface area contributed by atoms with Crippen LogP contribution >= 0.6 is 24.0 Å². The highest BCUT2D eigenvalue weighted by Crippen LogP contribution is 2.32. The number of unbranched alkanes of at least 4 members (excludes halogenated alkanes) is 1. The predicted octanol–water partition coefficient (Wildman–Crippen LogP) is 1.85. The second-order valence-electron chi connectivity index (χ2n) is 5.80. The number of carbonyl (C=O) groups is 2. The lowest BCUT2D eigenvalue weighted by atomic mass is 10.00. The van der Waals surface area contributed by atoms with Crippen molar-refractivity contribution in [2.75, 3.05) is 25.4 Å². The molecule has 3 fully saturated rings. The van der Waals surface area contributed by atoms with Crippen LogP contribution in [0, 0.1) is 0 Å². The number of urea groups is 1. The molecule has 0 aliphatic carbocycles. The Labute approximate surface area is 140 Å². The average Bonchev–Trinajstić information content (AvgIpc) is 3.04. The van der Waals surface area contributed by atoms with Crippen molar-refractivity contribution in [2.45, 2.75) is 44.7 Å². The molecule has 3 aliphatic rings. The standard InChI is InChI=1S/C14H21N3O3S2/c1-2-3-7-20-17-10-4-5-11(16(9-10)13(17)19)12(18)15-6-8-22-14(15)21/h10-11H,2-9H2,1H3/t10-,11-/m0/s1. The summed E-state index contributed by atoms with van der Waals surface area (Å²) in [5.41, 5.74) is 0. The van der Waals surface area contributed by atoms with E-state index in [1.807, 2.05) is 0 Å². The maximum atomic E-state index is 12.7. The number of carbonyl (C=O) groups excluding carboxylic acids is 2. The van der Waals surface area contributed by atoms with Crippen LogP contribution in [0.5, 0.6) is 0 Å². The van der Waals surface area contributed by atoms with Crippen LogP contribution in [0.1, 0.15) is 32.6 Å². The number of fused-ring (bicyclic) bond motifs is 2. The fraction of sp³-hybridized carbons (Fsp3) is 0.786. The van der Waals surface area contributed by atoms with Crippen LogP contribution in [0.2, 0.25) is 0 Å².